The van der Waals surface area contributed by atoms with Gasteiger partial charge < -0.3 is 16.4 Å². The molecule has 1 unspecified atom stereocenters. The molecule has 5 heteroatoms. The number of halogens is 1. The van der Waals surface area contributed by atoms with Crippen LogP contribution in [0.5, 0.6) is 0 Å². The number of hydrogen-bond donors (Lipinski definition) is 3. The van der Waals surface area contributed by atoms with E-state index < -0.39 is 5.54 Å². The molecule has 2 rings (SSSR count). The lowest BCUT2D eigenvalue weighted by molar-refractivity contribution is -0.123. The van der Waals surface area contributed by atoms with Crippen molar-refractivity contribution in [1.82, 2.24) is 10.6 Å². The van der Waals surface area contributed by atoms with Crippen LogP contribution >= 0.6 is 12.4 Å². The number of nitrogens with two attached hydrogens (primary N) is 1. The van der Waals surface area contributed by atoms with Gasteiger partial charge in [-0.2, -0.15) is 0 Å². The van der Waals surface area contributed by atoms with Crippen LogP contribution < -0.4 is 16.4 Å². The van der Waals surface area contributed by atoms with E-state index in [0.29, 0.717) is 18.0 Å². The van der Waals surface area contributed by atoms with Gasteiger partial charge in [0.1, 0.15) is 0 Å². The molecule has 15 heavy (non-hydrogen) atoms. The predicted molar refractivity (Wildman–Crippen MR) is 62.0 cm³/mol. The zero-order valence-corrected chi connectivity index (χ0v) is 10.1. The normalized spacial score (nSPS) is 29.7. The van der Waals surface area contributed by atoms with Crippen molar-refractivity contribution >= 4 is 18.3 Å². The Morgan fingerprint density at radius 2 is 2.13 bits per heavy atom. The van der Waals surface area contributed by atoms with E-state index in [0.717, 1.165) is 19.4 Å². The van der Waals surface area contributed by atoms with E-state index in [9.17, 15) is 4.79 Å². The summed E-state index contributed by atoms with van der Waals surface area (Å²) in [7, 11) is 0. The highest BCUT2D eigenvalue weighted by atomic mass is 35.5. The second-order valence-corrected chi connectivity index (χ2v) is 5.29. The van der Waals surface area contributed by atoms with Gasteiger partial charge in [0.25, 0.3) is 0 Å². The van der Waals surface area contributed by atoms with E-state index in [1.165, 1.54) is 0 Å². The van der Waals surface area contributed by atoms with E-state index in [-0.39, 0.29) is 18.3 Å². The largest absolute Gasteiger partial charge is 0.353 e. The Morgan fingerprint density at radius 1 is 1.53 bits per heavy atom. The number of hydrogen-bond acceptors (Lipinski definition) is 3. The summed E-state index contributed by atoms with van der Waals surface area (Å²) >= 11 is 0. The first kappa shape index (κ1) is 12.7. The Labute approximate surface area is 96.8 Å². The van der Waals surface area contributed by atoms with Gasteiger partial charge in [-0.25, -0.2) is 0 Å². The molecule has 1 atom stereocenters. The van der Waals surface area contributed by atoms with Gasteiger partial charge in [-0.1, -0.05) is 13.8 Å². The Morgan fingerprint density at radius 3 is 2.47 bits per heavy atom. The Kier molecular flexibility index (Phi) is 3.33. The molecular formula is C10H20ClN3O. The van der Waals surface area contributed by atoms with Gasteiger partial charge in [0.15, 0.2) is 0 Å². The fraction of sp³-hybridized carbons (Fsp3) is 0.900. The van der Waals surface area contributed by atoms with Crippen molar-refractivity contribution in [2.24, 2.45) is 11.1 Å². The third-order valence-corrected chi connectivity index (χ3v) is 3.46. The smallest absolute Gasteiger partial charge is 0.240 e. The van der Waals surface area contributed by atoms with Crippen LogP contribution in [-0.2, 0) is 4.79 Å². The van der Waals surface area contributed by atoms with Crippen LogP contribution in [0.25, 0.3) is 0 Å². The molecule has 0 bridgehead atoms. The van der Waals surface area contributed by atoms with Crippen LogP contribution in [-0.4, -0.2) is 30.6 Å². The molecule has 0 aromatic rings. The predicted octanol–water partition coefficient (Wildman–Crippen LogP) is 0.0137. The zero-order chi connectivity index (χ0) is 10.4. The number of carbonyl (C=O) groups is 1. The Balaban J connectivity index is 0.00000112. The van der Waals surface area contributed by atoms with Gasteiger partial charge in [-0.05, 0) is 18.3 Å². The molecule has 0 spiro atoms. The van der Waals surface area contributed by atoms with Crippen LogP contribution in [0.1, 0.15) is 26.7 Å². The first-order valence-electron chi connectivity index (χ1n) is 5.25. The van der Waals surface area contributed by atoms with Crippen molar-refractivity contribution in [1.29, 1.82) is 0 Å². The molecule has 2 aliphatic rings. The van der Waals surface area contributed by atoms with Crippen molar-refractivity contribution < 1.29 is 4.79 Å². The standard InChI is InChI=1S/C10H19N3O.ClH/c1-9(2)6-13-7(9)5-12-8(14)10(11)3-4-10;/h7,13H,3-6,11H2,1-2H3,(H,12,14);1H. The maximum atomic E-state index is 11.5. The SMILES string of the molecule is CC1(C)CNC1CNC(=O)C1(N)CC1.Cl. The molecular weight excluding hydrogens is 214 g/mol. The van der Waals surface area contributed by atoms with Gasteiger partial charge in [0.2, 0.25) is 5.91 Å². The molecule has 0 aromatic heterocycles. The number of amides is 1. The quantitative estimate of drug-likeness (QED) is 0.644. The van der Waals surface area contributed by atoms with Gasteiger partial charge in [-0.3, -0.25) is 4.79 Å². The summed E-state index contributed by atoms with van der Waals surface area (Å²) in [6, 6.07) is 0.397. The monoisotopic (exact) mass is 233 g/mol. The van der Waals surface area contributed by atoms with Crippen molar-refractivity contribution in [3.63, 3.8) is 0 Å². The van der Waals surface area contributed by atoms with Crippen molar-refractivity contribution in [2.45, 2.75) is 38.3 Å². The molecule has 1 heterocycles. The molecule has 1 aliphatic heterocycles. The summed E-state index contributed by atoms with van der Waals surface area (Å²) in [4.78, 5) is 11.5. The molecule has 0 aromatic carbocycles. The van der Waals surface area contributed by atoms with Crippen LogP contribution in [0.4, 0.5) is 0 Å². The molecule has 1 saturated carbocycles. The highest BCUT2D eigenvalue weighted by Crippen LogP contribution is 2.32. The summed E-state index contributed by atoms with van der Waals surface area (Å²) < 4.78 is 0. The highest BCUT2D eigenvalue weighted by Gasteiger charge is 2.46. The fourth-order valence-corrected chi connectivity index (χ4v) is 1.74. The van der Waals surface area contributed by atoms with E-state index in [4.69, 9.17) is 5.73 Å². The zero-order valence-electron chi connectivity index (χ0n) is 9.30. The number of rotatable bonds is 3. The van der Waals surface area contributed by atoms with E-state index in [1.54, 1.807) is 0 Å². The number of nitrogens with one attached hydrogen (secondary N) is 2. The van der Waals surface area contributed by atoms with Crippen molar-refractivity contribution in [3.05, 3.63) is 0 Å². The summed E-state index contributed by atoms with van der Waals surface area (Å²) in [5, 5.41) is 6.22. The minimum Gasteiger partial charge on any atom is -0.353 e. The Bertz CT molecular complexity index is 263. The molecule has 2 fully saturated rings. The third kappa shape index (κ3) is 2.44. The average molecular weight is 234 g/mol. The lowest BCUT2D eigenvalue weighted by Gasteiger charge is -2.45. The molecule has 4 N–H and O–H groups in total. The lowest BCUT2D eigenvalue weighted by Crippen LogP contribution is -2.64. The molecule has 1 saturated heterocycles. The summed E-state index contributed by atoms with van der Waals surface area (Å²) in [6.07, 6.45) is 1.67. The molecule has 1 amide bonds. The third-order valence-electron chi connectivity index (χ3n) is 3.46. The molecule has 4 nitrogen and oxygen atoms in total. The van der Waals surface area contributed by atoms with Crippen LogP contribution in [0.2, 0.25) is 0 Å². The van der Waals surface area contributed by atoms with Gasteiger partial charge in [0, 0.05) is 19.1 Å². The molecule has 0 radical (unpaired) electrons. The second kappa shape index (κ2) is 3.92. The summed E-state index contributed by atoms with van der Waals surface area (Å²) in [5.74, 6) is 0.0157. The maximum Gasteiger partial charge on any atom is 0.240 e. The van der Waals surface area contributed by atoms with Crippen LogP contribution in [0.15, 0.2) is 0 Å². The molecule has 1 aliphatic carbocycles. The van der Waals surface area contributed by atoms with Crippen molar-refractivity contribution in [3.8, 4) is 0 Å². The lowest BCUT2D eigenvalue weighted by atomic mass is 9.77. The van der Waals surface area contributed by atoms with Gasteiger partial charge in [0.05, 0.1) is 5.54 Å². The van der Waals surface area contributed by atoms with Crippen LogP contribution in [0, 0.1) is 5.41 Å². The average Bonchev–Trinajstić information content (AvgIpc) is 2.83. The Hall–Kier alpha value is -0.320. The highest BCUT2D eigenvalue weighted by molar-refractivity contribution is 5.89. The van der Waals surface area contributed by atoms with Gasteiger partial charge in [-0.15, -0.1) is 12.4 Å². The molecule has 88 valence electrons. The fourth-order valence-electron chi connectivity index (χ4n) is 1.74. The van der Waals surface area contributed by atoms with Crippen molar-refractivity contribution in [2.75, 3.05) is 13.1 Å². The van der Waals surface area contributed by atoms with E-state index in [2.05, 4.69) is 24.5 Å². The van der Waals surface area contributed by atoms with E-state index in [1.807, 2.05) is 0 Å². The van der Waals surface area contributed by atoms with Crippen LogP contribution in [0.3, 0.4) is 0 Å². The first-order valence-corrected chi connectivity index (χ1v) is 5.25. The first-order chi connectivity index (χ1) is 6.44. The minimum absolute atomic E-state index is 0. The summed E-state index contributed by atoms with van der Waals surface area (Å²) in [5.41, 5.74) is 5.54. The topological polar surface area (TPSA) is 67.1 Å². The van der Waals surface area contributed by atoms with Gasteiger partial charge >= 0.3 is 0 Å². The number of carbonyl (C=O) groups excluding carboxylic acids is 1. The van der Waals surface area contributed by atoms with E-state index >= 15 is 0 Å². The summed E-state index contributed by atoms with van der Waals surface area (Å²) in [6.45, 7) is 6.14. The second-order valence-electron chi connectivity index (χ2n) is 5.29. The maximum absolute atomic E-state index is 11.5. The minimum atomic E-state index is -0.534.